The van der Waals surface area contributed by atoms with Crippen LogP contribution in [-0.2, 0) is 17.8 Å². The van der Waals surface area contributed by atoms with Crippen LogP contribution in [0, 0.1) is 0 Å². The van der Waals surface area contributed by atoms with E-state index in [2.05, 4.69) is 9.88 Å². The highest BCUT2D eigenvalue weighted by Crippen LogP contribution is 2.25. The molecule has 0 saturated carbocycles. The number of amides is 1. The lowest BCUT2D eigenvalue weighted by Crippen LogP contribution is -2.38. The number of imidazole rings is 1. The van der Waals surface area contributed by atoms with E-state index in [1.165, 1.54) is 5.69 Å². The highest BCUT2D eigenvalue weighted by atomic mass is 16.5. The van der Waals surface area contributed by atoms with Crippen molar-refractivity contribution >= 4 is 5.91 Å². The van der Waals surface area contributed by atoms with Gasteiger partial charge in [0.25, 0.3) is 0 Å². The Morgan fingerprint density at radius 3 is 2.96 bits per heavy atom. The molecule has 0 bridgehead atoms. The maximum absolute atomic E-state index is 11.7. The summed E-state index contributed by atoms with van der Waals surface area (Å²) in [5.74, 6) is 2.05. The molecule has 0 radical (unpaired) electrons. The van der Waals surface area contributed by atoms with Gasteiger partial charge in [0.15, 0.2) is 0 Å². The summed E-state index contributed by atoms with van der Waals surface area (Å²) in [7, 11) is 1.68. The highest BCUT2D eigenvalue weighted by Gasteiger charge is 2.24. The van der Waals surface area contributed by atoms with Gasteiger partial charge in [0.05, 0.1) is 18.5 Å². The van der Waals surface area contributed by atoms with Crippen molar-refractivity contribution in [2.75, 3.05) is 33.3 Å². The van der Waals surface area contributed by atoms with E-state index in [0.29, 0.717) is 12.3 Å². The number of methoxy groups -OCH3 is 1. The molecule has 0 atom stereocenters. The van der Waals surface area contributed by atoms with E-state index in [4.69, 9.17) is 9.72 Å². The summed E-state index contributed by atoms with van der Waals surface area (Å²) < 4.78 is 5.30. The predicted molar refractivity (Wildman–Crippen MR) is 95.4 cm³/mol. The minimum atomic E-state index is 0.305. The maximum Gasteiger partial charge on any atom is 0.222 e. The van der Waals surface area contributed by atoms with Crippen LogP contribution in [0.15, 0.2) is 24.3 Å². The zero-order valence-electron chi connectivity index (χ0n) is 14.6. The van der Waals surface area contributed by atoms with Crippen molar-refractivity contribution < 1.29 is 9.53 Å². The molecular formula is C19H24N4O2. The van der Waals surface area contributed by atoms with Crippen molar-refractivity contribution in [3.63, 3.8) is 0 Å². The van der Waals surface area contributed by atoms with Crippen LogP contribution in [0.3, 0.4) is 0 Å². The molecule has 0 unspecified atom stereocenters. The van der Waals surface area contributed by atoms with E-state index in [1.54, 1.807) is 7.11 Å². The number of rotatable bonds is 5. The lowest BCUT2D eigenvalue weighted by molar-refractivity contribution is -0.127. The van der Waals surface area contributed by atoms with Gasteiger partial charge in [-0.2, -0.15) is 0 Å². The van der Waals surface area contributed by atoms with Crippen molar-refractivity contribution in [1.82, 2.24) is 19.8 Å². The monoisotopic (exact) mass is 340 g/mol. The predicted octanol–water partition coefficient (Wildman–Crippen LogP) is 2.07. The quantitative estimate of drug-likeness (QED) is 0.905. The third-order valence-corrected chi connectivity index (χ3v) is 5.11. The summed E-state index contributed by atoms with van der Waals surface area (Å²) in [4.78, 5) is 24.4. The summed E-state index contributed by atoms with van der Waals surface area (Å²) in [6.07, 6.45) is 2.67. The molecule has 6 heteroatoms. The molecule has 2 aromatic rings. The molecule has 1 N–H and O–H groups in total. The first-order chi connectivity index (χ1) is 12.2. The topological polar surface area (TPSA) is 61.5 Å². The van der Waals surface area contributed by atoms with Crippen LogP contribution in [0.4, 0.5) is 0 Å². The Morgan fingerprint density at radius 2 is 2.16 bits per heavy atom. The molecule has 132 valence electrons. The number of benzene rings is 1. The Kier molecular flexibility index (Phi) is 4.44. The van der Waals surface area contributed by atoms with Gasteiger partial charge in [0.2, 0.25) is 5.91 Å². The number of fused-ring (bicyclic) bond motifs is 1. The molecule has 2 aliphatic rings. The average Bonchev–Trinajstić information content (AvgIpc) is 3.25. The fourth-order valence-corrected chi connectivity index (χ4v) is 3.65. The Hall–Kier alpha value is -2.34. The van der Waals surface area contributed by atoms with Gasteiger partial charge in [-0.1, -0.05) is 12.1 Å². The second-order valence-corrected chi connectivity index (χ2v) is 6.75. The van der Waals surface area contributed by atoms with Gasteiger partial charge in [0, 0.05) is 51.1 Å². The van der Waals surface area contributed by atoms with Crippen molar-refractivity contribution in [2.45, 2.75) is 25.8 Å². The van der Waals surface area contributed by atoms with Gasteiger partial charge >= 0.3 is 0 Å². The number of carbonyl (C=O) groups is 1. The molecule has 1 aromatic heterocycles. The number of hydrogen-bond donors (Lipinski definition) is 1. The molecule has 1 fully saturated rings. The zero-order valence-corrected chi connectivity index (χ0v) is 14.6. The fraction of sp³-hybridized carbons (Fsp3) is 0.474. The minimum absolute atomic E-state index is 0.305. The van der Waals surface area contributed by atoms with Crippen LogP contribution in [0.5, 0.6) is 5.75 Å². The van der Waals surface area contributed by atoms with Crippen LogP contribution in [0.2, 0.25) is 0 Å². The smallest absolute Gasteiger partial charge is 0.222 e. The number of nitrogens with zero attached hydrogens (tertiary/aromatic N) is 3. The number of H-pyrrole nitrogens is 1. The molecule has 0 spiro atoms. The van der Waals surface area contributed by atoms with Gasteiger partial charge in [-0.05, 0) is 18.6 Å². The largest absolute Gasteiger partial charge is 0.497 e. The molecule has 1 aromatic carbocycles. The molecule has 25 heavy (non-hydrogen) atoms. The third-order valence-electron chi connectivity index (χ3n) is 5.11. The maximum atomic E-state index is 11.7. The number of carbonyl (C=O) groups excluding carboxylic acids is 1. The molecule has 4 rings (SSSR count). The van der Waals surface area contributed by atoms with Crippen LogP contribution < -0.4 is 4.74 Å². The van der Waals surface area contributed by atoms with Gasteiger partial charge in [-0.3, -0.25) is 9.69 Å². The number of hydrogen-bond acceptors (Lipinski definition) is 4. The summed E-state index contributed by atoms with van der Waals surface area (Å²) in [6.45, 7) is 4.55. The Bertz CT molecular complexity index is 771. The molecule has 0 aliphatic carbocycles. The van der Waals surface area contributed by atoms with Crippen LogP contribution in [0.1, 0.15) is 24.2 Å². The van der Waals surface area contributed by atoms with Crippen molar-refractivity contribution in [1.29, 1.82) is 0 Å². The second kappa shape index (κ2) is 6.88. The van der Waals surface area contributed by atoms with Gasteiger partial charge in [-0.15, -0.1) is 0 Å². The molecule has 2 aliphatic heterocycles. The summed E-state index contributed by atoms with van der Waals surface area (Å²) in [5.41, 5.74) is 3.39. The van der Waals surface area contributed by atoms with Gasteiger partial charge in [-0.25, -0.2) is 4.98 Å². The number of aromatic nitrogens is 2. The number of nitrogens with one attached hydrogen (secondary N) is 1. The van der Waals surface area contributed by atoms with Crippen molar-refractivity contribution in [3.05, 3.63) is 35.7 Å². The molecule has 1 amide bonds. The highest BCUT2D eigenvalue weighted by molar-refractivity contribution is 5.78. The van der Waals surface area contributed by atoms with E-state index < -0.39 is 0 Å². The SMILES string of the molecule is COc1cccc(-c2nc3c([nH]2)CN(CCN2CCCC2=O)CC3)c1. The summed E-state index contributed by atoms with van der Waals surface area (Å²) >= 11 is 0. The first-order valence-corrected chi connectivity index (χ1v) is 8.95. The Balaban J connectivity index is 1.43. The average molecular weight is 340 g/mol. The van der Waals surface area contributed by atoms with E-state index in [-0.39, 0.29) is 0 Å². The lowest BCUT2D eigenvalue weighted by Gasteiger charge is -2.28. The second-order valence-electron chi connectivity index (χ2n) is 6.75. The first kappa shape index (κ1) is 16.1. The minimum Gasteiger partial charge on any atom is -0.497 e. The summed E-state index contributed by atoms with van der Waals surface area (Å²) in [6, 6.07) is 7.97. The van der Waals surface area contributed by atoms with E-state index in [9.17, 15) is 4.79 Å². The fourth-order valence-electron chi connectivity index (χ4n) is 3.65. The van der Waals surface area contributed by atoms with Crippen molar-refractivity contribution in [3.8, 4) is 17.1 Å². The normalized spacial score (nSPS) is 17.8. The van der Waals surface area contributed by atoms with E-state index >= 15 is 0 Å². The van der Waals surface area contributed by atoms with Crippen LogP contribution in [0.25, 0.3) is 11.4 Å². The molecule has 3 heterocycles. The Labute approximate surface area is 147 Å². The van der Waals surface area contributed by atoms with Crippen molar-refractivity contribution in [2.24, 2.45) is 0 Å². The van der Waals surface area contributed by atoms with Gasteiger partial charge in [0.1, 0.15) is 11.6 Å². The van der Waals surface area contributed by atoms with E-state index in [1.807, 2.05) is 29.2 Å². The number of likely N-dealkylation sites (tertiary alicyclic amines) is 1. The Morgan fingerprint density at radius 1 is 1.24 bits per heavy atom. The molecule has 6 nitrogen and oxygen atoms in total. The lowest BCUT2D eigenvalue weighted by atomic mass is 10.1. The van der Waals surface area contributed by atoms with E-state index in [0.717, 1.165) is 68.4 Å². The zero-order chi connectivity index (χ0) is 17.2. The van der Waals surface area contributed by atoms with Crippen LogP contribution >= 0.6 is 0 Å². The molecule has 1 saturated heterocycles. The number of aromatic amines is 1. The first-order valence-electron chi connectivity index (χ1n) is 8.95. The molecular weight excluding hydrogens is 316 g/mol. The standard InChI is InChI=1S/C19H24N4O2/c1-25-15-5-2-4-14(12-15)19-20-16-7-9-22(13-17(16)21-19)10-11-23-8-3-6-18(23)24/h2,4-5,12H,3,6-11,13H2,1H3,(H,20,21). The van der Waals surface area contributed by atoms with Crippen LogP contribution in [-0.4, -0.2) is 59.0 Å². The van der Waals surface area contributed by atoms with Gasteiger partial charge < -0.3 is 14.6 Å². The summed E-state index contributed by atoms with van der Waals surface area (Å²) in [5, 5.41) is 0. The number of ether oxygens (including phenoxy) is 1. The third kappa shape index (κ3) is 3.39.